The highest BCUT2D eigenvalue weighted by molar-refractivity contribution is 7.85. The third-order valence-electron chi connectivity index (χ3n) is 5.48. The first-order valence-corrected chi connectivity index (χ1v) is 12.8. The van der Waals surface area contributed by atoms with Crippen LogP contribution in [0, 0.1) is 0 Å². The van der Waals surface area contributed by atoms with E-state index in [1.807, 2.05) is 0 Å². The van der Waals surface area contributed by atoms with Gasteiger partial charge in [0.1, 0.15) is 0 Å². The molecule has 0 aromatic rings. The van der Waals surface area contributed by atoms with Crippen LogP contribution in [0.2, 0.25) is 0 Å². The molecule has 0 fully saturated rings. The van der Waals surface area contributed by atoms with E-state index >= 15 is 0 Å². The number of hydrogen-bond acceptors (Lipinski definition) is 3. The highest BCUT2D eigenvalue weighted by atomic mass is 32.2. The Morgan fingerprint density at radius 3 is 1.23 bits per heavy atom. The monoisotopic (exact) mass is 391 g/mol. The van der Waals surface area contributed by atoms with Crippen LogP contribution in [-0.4, -0.2) is 49.4 Å². The second-order valence-corrected chi connectivity index (χ2v) is 9.56. The van der Waals surface area contributed by atoms with Gasteiger partial charge in [0, 0.05) is 12.2 Å². The van der Waals surface area contributed by atoms with E-state index in [2.05, 4.69) is 20.8 Å². The molecule has 0 heterocycles. The fourth-order valence-electron chi connectivity index (χ4n) is 3.87. The summed E-state index contributed by atoms with van der Waals surface area (Å²) in [6.45, 7) is 11.0. The zero-order valence-electron chi connectivity index (χ0n) is 17.8. The fraction of sp³-hybridized carbons (Fsp3) is 1.00. The zero-order valence-corrected chi connectivity index (χ0v) is 18.6. The Morgan fingerprint density at radius 2 is 0.923 bits per heavy atom. The lowest BCUT2D eigenvalue weighted by Crippen LogP contribution is -2.51. The molecule has 0 atom stereocenters. The molecule has 0 saturated heterocycles. The first kappa shape index (κ1) is 25.9. The molecule has 0 spiro atoms. The van der Waals surface area contributed by atoms with Crippen LogP contribution in [0.4, 0.5) is 0 Å². The molecule has 26 heavy (non-hydrogen) atoms. The molecule has 0 saturated carbocycles. The van der Waals surface area contributed by atoms with Gasteiger partial charge in [-0.25, -0.2) is 8.42 Å². The second-order valence-electron chi connectivity index (χ2n) is 8.03. The van der Waals surface area contributed by atoms with Gasteiger partial charge in [0.15, 0.2) is 0 Å². The normalized spacial score (nSPS) is 12.6. The van der Waals surface area contributed by atoms with Gasteiger partial charge in [-0.15, -0.1) is 0 Å². The quantitative estimate of drug-likeness (QED) is 0.166. The molecule has 5 heteroatoms. The van der Waals surface area contributed by atoms with Gasteiger partial charge in [-0.05, 0) is 38.5 Å². The third-order valence-corrected chi connectivity index (χ3v) is 6.27. The van der Waals surface area contributed by atoms with Crippen molar-refractivity contribution in [3.8, 4) is 0 Å². The van der Waals surface area contributed by atoms with Gasteiger partial charge in [0.05, 0.1) is 36.3 Å². The maximum atomic E-state index is 11.1. The highest BCUT2D eigenvalue weighted by Gasteiger charge is 2.26. The summed E-state index contributed by atoms with van der Waals surface area (Å²) in [6.07, 6.45) is 15.5. The first-order chi connectivity index (χ1) is 12.4. The molecule has 0 bridgehead atoms. The molecule has 0 aliphatic carbocycles. The minimum Gasteiger partial charge on any atom is -0.748 e. The van der Waals surface area contributed by atoms with E-state index in [0.717, 1.165) is 30.7 Å². The molecule has 0 aromatic carbocycles. The smallest absolute Gasteiger partial charge is 0.0948 e. The topological polar surface area (TPSA) is 57.2 Å². The molecular formula is C21H45NO3S. The van der Waals surface area contributed by atoms with Gasteiger partial charge in [0.25, 0.3) is 0 Å². The Morgan fingerprint density at radius 1 is 0.577 bits per heavy atom. The predicted molar refractivity (Wildman–Crippen MR) is 111 cm³/mol. The summed E-state index contributed by atoms with van der Waals surface area (Å²) in [5.41, 5.74) is 0. The van der Waals surface area contributed by atoms with Crippen LogP contribution in [0.3, 0.4) is 0 Å². The number of quaternary nitrogens is 1. The van der Waals surface area contributed by atoms with E-state index in [1.165, 1.54) is 77.0 Å². The Bertz CT molecular complexity index is 378. The molecule has 4 nitrogen and oxygen atoms in total. The number of nitrogens with zero attached hydrogens (tertiary/aromatic N) is 1. The van der Waals surface area contributed by atoms with E-state index in [9.17, 15) is 13.0 Å². The van der Waals surface area contributed by atoms with Gasteiger partial charge < -0.3 is 9.04 Å². The second kappa shape index (κ2) is 15.9. The third kappa shape index (κ3) is 15.0. The van der Waals surface area contributed by atoms with E-state index < -0.39 is 10.1 Å². The van der Waals surface area contributed by atoms with Crippen molar-refractivity contribution in [3.05, 3.63) is 0 Å². The molecule has 0 rings (SSSR count). The average molecular weight is 392 g/mol. The summed E-state index contributed by atoms with van der Waals surface area (Å²) in [6, 6.07) is 0. The van der Waals surface area contributed by atoms with Crippen molar-refractivity contribution in [1.29, 1.82) is 0 Å². The van der Waals surface area contributed by atoms with Crippen molar-refractivity contribution in [1.82, 2.24) is 0 Å². The lowest BCUT2D eigenvalue weighted by molar-refractivity contribution is -0.928. The van der Waals surface area contributed by atoms with Crippen LogP contribution in [0.15, 0.2) is 0 Å². The molecule has 0 aliphatic heterocycles. The Hall–Kier alpha value is -0.130. The standard InChI is InChI=1S/C21H45NO3S/c1-4-7-10-13-17-22(18-14-11-8-5-2,19-15-12-9-6-3)20-16-21-26(23,24)25/h4-21H2,1-3H3. The minimum atomic E-state index is -4.09. The predicted octanol–water partition coefficient (Wildman–Crippen LogP) is 5.48. The van der Waals surface area contributed by atoms with Gasteiger partial charge in [-0.3, -0.25) is 0 Å². The largest absolute Gasteiger partial charge is 0.748 e. The van der Waals surface area contributed by atoms with Crippen molar-refractivity contribution < 1.29 is 17.5 Å². The van der Waals surface area contributed by atoms with Crippen LogP contribution in [0.5, 0.6) is 0 Å². The van der Waals surface area contributed by atoms with Crippen LogP contribution in [0.1, 0.15) is 104 Å². The van der Waals surface area contributed by atoms with E-state index in [0.29, 0.717) is 6.42 Å². The maximum absolute atomic E-state index is 11.1. The molecule has 0 amide bonds. The molecule has 0 aliphatic rings. The summed E-state index contributed by atoms with van der Waals surface area (Å²) < 4.78 is 34.2. The number of rotatable bonds is 19. The highest BCUT2D eigenvalue weighted by Crippen LogP contribution is 2.18. The fourth-order valence-corrected chi connectivity index (χ4v) is 4.35. The number of hydrogen-bond donors (Lipinski definition) is 0. The average Bonchev–Trinajstić information content (AvgIpc) is 2.58. The van der Waals surface area contributed by atoms with Crippen molar-refractivity contribution >= 4 is 10.1 Å². The summed E-state index contributed by atoms with van der Waals surface area (Å²) in [4.78, 5) is 0. The van der Waals surface area contributed by atoms with Gasteiger partial charge in [0.2, 0.25) is 0 Å². The van der Waals surface area contributed by atoms with Crippen LogP contribution >= 0.6 is 0 Å². The van der Waals surface area contributed by atoms with Crippen molar-refractivity contribution in [2.24, 2.45) is 0 Å². The lowest BCUT2D eigenvalue weighted by Gasteiger charge is -2.39. The summed E-state index contributed by atoms with van der Waals surface area (Å²) in [7, 11) is -4.09. The summed E-state index contributed by atoms with van der Waals surface area (Å²) in [5, 5.41) is 0. The number of unbranched alkanes of at least 4 members (excludes halogenated alkanes) is 9. The van der Waals surface area contributed by atoms with E-state index in [-0.39, 0.29) is 5.75 Å². The Labute approximate surface area is 164 Å². The minimum absolute atomic E-state index is 0.203. The Balaban J connectivity index is 4.83. The van der Waals surface area contributed by atoms with E-state index in [4.69, 9.17) is 0 Å². The van der Waals surface area contributed by atoms with Gasteiger partial charge in [-0.1, -0.05) is 59.3 Å². The Kier molecular flexibility index (Phi) is 15.8. The zero-order chi connectivity index (χ0) is 19.7. The first-order valence-electron chi connectivity index (χ1n) is 11.2. The van der Waals surface area contributed by atoms with Crippen molar-refractivity contribution in [2.45, 2.75) is 104 Å². The van der Waals surface area contributed by atoms with Crippen molar-refractivity contribution in [2.75, 3.05) is 31.9 Å². The SMILES string of the molecule is CCCCCC[N+](CCCCCC)(CCCCCC)CCCS(=O)(=O)[O-]. The molecule has 158 valence electrons. The lowest BCUT2D eigenvalue weighted by atomic mass is 10.1. The van der Waals surface area contributed by atoms with Crippen LogP contribution < -0.4 is 0 Å². The van der Waals surface area contributed by atoms with Crippen LogP contribution in [0.25, 0.3) is 0 Å². The van der Waals surface area contributed by atoms with Crippen molar-refractivity contribution in [3.63, 3.8) is 0 Å². The molecule has 0 N–H and O–H groups in total. The van der Waals surface area contributed by atoms with Gasteiger partial charge in [-0.2, -0.15) is 0 Å². The summed E-state index contributed by atoms with van der Waals surface area (Å²) >= 11 is 0. The molecule has 0 aromatic heterocycles. The van der Waals surface area contributed by atoms with Gasteiger partial charge >= 0.3 is 0 Å². The van der Waals surface area contributed by atoms with E-state index in [1.54, 1.807) is 0 Å². The maximum Gasteiger partial charge on any atom is 0.0948 e. The molecular weight excluding hydrogens is 346 g/mol. The molecule has 0 radical (unpaired) electrons. The van der Waals surface area contributed by atoms with Crippen LogP contribution in [-0.2, 0) is 10.1 Å². The summed E-state index contributed by atoms with van der Waals surface area (Å²) in [5.74, 6) is -0.203. The molecule has 0 unspecified atom stereocenters.